The molecule has 1 N–H and O–H groups in total. The van der Waals surface area contributed by atoms with Crippen molar-refractivity contribution < 1.29 is 9.53 Å². The van der Waals surface area contributed by atoms with Crippen LogP contribution in [-0.2, 0) is 11.2 Å². The molecule has 0 aliphatic heterocycles. The van der Waals surface area contributed by atoms with Crippen LogP contribution in [0.1, 0.15) is 12.0 Å². The number of ether oxygens (including phenoxy) is 1. The topological polar surface area (TPSA) is 51.2 Å². The third-order valence-corrected chi connectivity index (χ3v) is 3.50. The fourth-order valence-corrected chi connectivity index (χ4v) is 2.02. The molecule has 0 aliphatic rings. The van der Waals surface area contributed by atoms with E-state index in [1.807, 2.05) is 12.1 Å². The van der Waals surface area contributed by atoms with E-state index in [1.54, 1.807) is 30.6 Å². The van der Waals surface area contributed by atoms with Gasteiger partial charge in [-0.2, -0.15) is 0 Å². The number of amides is 1. The highest BCUT2D eigenvalue weighted by Gasteiger charge is 2.05. The molecule has 4 nitrogen and oxygen atoms in total. The Kier molecular flexibility index (Phi) is 5.84. The highest BCUT2D eigenvalue weighted by Crippen LogP contribution is 2.25. The van der Waals surface area contributed by atoms with E-state index in [0.717, 1.165) is 12.8 Å². The monoisotopic (exact) mass is 324 g/mol. The number of carbonyl (C=O) groups is 1. The molecule has 0 unspecified atom stereocenters. The van der Waals surface area contributed by atoms with Crippen molar-refractivity contribution in [2.45, 2.75) is 12.8 Å². The maximum atomic E-state index is 11.6. The standard InChI is InChI=1S/C15H14Cl2N2O2/c16-13-4-3-12(10-14(13)17)19-15(20)21-9-1-2-11-5-7-18-8-6-11/h3-8,10H,1-2,9H2,(H,19,20). The van der Waals surface area contributed by atoms with Crippen LogP contribution in [0.15, 0.2) is 42.7 Å². The highest BCUT2D eigenvalue weighted by molar-refractivity contribution is 6.42. The van der Waals surface area contributed by atoms with Gasteiger partial charge in [0.2, 0.25) is 0 Å². The van der Waals surface area contributed by atoms with Gasteiger partial charge in [-0.3, -0.25) is 10.3 Å². The minimum absolute atomic E-state index is 0.343. The predicted molar refractivity (Wildman–Crippen MR) is 84.0 cm³/mol. The number of aromatic nitrogens is 1. The van der Waals surface area contributed by atoms with Gasteiger partial charge in [0, 0.05) is 18.1 Å². The van der Waals surface area contributed by atoms with Gasteiger partial charge >= 0.3 is 6.09 Å². The Labute approximate surface area is 133 Å². The molecule has 0 saturated carbocycles. The molecule has 0 aliphatic carbocycles. The number of rotatable bonds is 5. The van der Waals surface area contributed by atoms with Gasteiger partial charge in [-0.1, -0.05) is 23.2 Å². The third-order valence-electron chi connectivity index (χ3n) is 2.76. The Hall–Kier alpha value is -1.78. The fourth-order valence-electron chi connectivity index (χ4n) is 1.72. The number of nitrogens with one attached hydrogen (secondary N) is 1. The lowest BCUT2D eigenvalue weighted by Crippen LogP contribution is -2.14. The van der Waals surface area contributed by atoms with Crippen molar-refractivity contribution in [1.82, 2.24) is 4.98 Å². The molecular weight excluding hydrogens is 311 g/mol. The van der Waals surface area contributed by atoms with E-state index >= 15 is 0 Å². The molecule has 0 saturated heterocycles. The zero-order chi connectivity index (χ0) is 15.1. The number of hydrogen-bond acceptors (Lipinski definition) is 3. The summed E-state index contributed by atoms with van der Waals surface area (Å²) in [4.78, 5) is 15.5. The van der Waals surface area contributed by atoms with Crippen molar-refractivity contribution in [3.63, 3.8) is 0 Å². The number of anilines is 1. The van der Waals surface area contributed by atoms with Crippen LogP contribution in [0.3, 0.4) is 0 Å². The van der Waals surface area contributed by atoms with Crippen LogP contribution in [0.4, 0.5) is 10.5 Å². The average Bonchev–Trinajstić information content (AvgIpc) is 2.49. The summed E-state index contributed by atoms with van der Waals surface area (Å²) in [7, 11) is 0. The van der Waals surface area contributed by atoms with E-state index in [4.69, 9.17) is 27.9 Å². The number of hydrogen-bond donors (Lipinski definition) is 1. The fraction of sp³-hybridized carbons (Fsp3) is 0.200. The first kappa shape index (κ1) is 15.6. The number of halogens is 2. The first-order chi connectivity index (χ1) is 10.1. The third kappa shape index (κ3) is 5.25. The number of nitrogens with zero attached hydrogens (tertiary/aromatic N) is 1. The Morgan fingerprint density at radius 2 is 1.90 bits per heavy atom. The van der Waals surface area contributed by atoms with Crippen LogP contribution in [0.5, 0.6) is 0 Å². The van der Waals surface area contributed by atoms with Gasteiger partial charge in [-0.25, -0.2) is 4.79 Å². The Balaban J connectivity index is 1.71. The number of benzene rings is 1. The Morgan fingerprint density at radius 1 is 1.14 bits per heavy atom. The molecular formula is C15H14Cl2N2O2. The molecule has 0 radical (unpaired) electrons. The second-order valence-corrected chi connectivity index (χ2v) is 5.16. The van der Waals surface area contributed by atoms with E-state index < -0.39 is 6.09 Å². The Bertz CT molecular complexity index is 606. The quantitative estimate of drug-likeness (QED) is 0.819. The molecule has 1 heterocycles. The molecule has 0 atom stereocenters. The maximum Gasteiger partial charge on any atom is 0.411 e. The lowest BCUT2D eigenvalue weighted by Gasteiger charge is -2.07. The largest absolute Gasteiger partial charge is 0.449 e. The van der Waals surface area contributed by atoms with E-state index in [0.29, 0.717) is 22.3 Å². The summed E-state index contributed by atoms with van der Waals surface area (Å²) in [5.74, 6) is 0. The minimum Gasteiger partial charge on any atom is -0.449 e. The van der Waals surface area contributed by atoms with Gasteiger partial charge in [0.15, 0.2) is 0 Å². The zero-order valence-corrected chi connectivity index (χ0v) is 12.7. The molecule has 0 fully saturated rings. The molecule has 1 amide bonds. The van der Waals surface area contributed by atoms with Crippen LogP contribution in [0.25, 0.3) is 0 Å². The molecule has 6 heteroatoms. The molecule has 0 bridgehead atoms. The van der Waals surface area contributed by atoms with Crippen LogP contribution in [-0.4, -0.2) is 17.7 Å². The maximum absolute atomic E-state index is 11.6. The SMILES string of the molecule is O=C(Nc1ccc(Cl)c(Cl)c1)OCCCc1ccncc1. The summed E-state index contributed by atoms with van der Waals surface area (Å²) >= 11 is 11.7. The Morgan fingerprint density at radius 3 is 2.62 bits per heavy atom. The second kappa shape index (κ2) is 7.86. The number of carbonyl (C=O) groups excluding carboxylic acids is 1. The normalized spacial score (nSPS) is 10.2. The summed E-state index contributed by atoms with van der Waals surface area (Å²) in [6, 6.07) is 8.73. The lowest BCUT2D eigenvalue weighted by atomic mass is 10.1. The van der Waals surface area contributed by atoms with Gasteiger partial charge in [-0.05, 0) is 48.7 Å². The van der Waals surface area contributed by atoms with Crippen molar-refractivity contribution in [3.8, 4) is 0 Å². The van der Waals surface area contributed by atoms with Crippen LogP contribution >= 0.6 is 23.2 Å². The van der Waals surface area contributed by atoms with Crippen molar-refractivity contribution >= 4 is 35.0 Å². The molecule has 21 heavy (non-hydrogen) atoms. The van der Waals surface area contributed by atoms with Crippen LogP contribution in [0.2, 0.25) is 10.0 Å². The number of aryl methyl sites for hydroxylation is 1. The molecule has 1 aromatic carbocycles. The first-order valence-corrected chi connectivity index (χ1v) is 7.18. The molecule has 2 rings (SSSR count). The molecule has 2 aromatic rings. The van der Waals surface area contributed by atoms with Crippen molar-refractivity contribution in [1.29, 1.82) is 0 Å². The summed E-state index contributed by atoms with van der Waals surface area (Å²) in [5.41, 5.74) is 1.71. The lowest BCUT2D eigenvalue weighted by molar-refractivity contribution is 0.160. The van der Waals surface area contributed by atoms with Gasteiger partial charge in [-0.15, -0.1) is 0 Å². The van der Waals surface area contributed by atoms with Crippen LogP contribution < -0.4 is 5.32 Å². The van der Waals surface area contributed by atoms with E-state index in [-0.39, 0.29) is 0 Å². The van der Waals surface area contributed by atoms with Crippen molar-refractivity contribution in [3.05, 3.63) is 58.3 Å². The molecule has 110 valence electrons. The minimum atomic E-state index is -0.511. The van der Waals surface area contributed by atoms with Gasteiger partial charge < -0.3 is 4.74 Å². The van der Waals surface area contributed by atoms with Crippen molar-refractivity contribution in [2.24, 2.45) is 0 Å². The number of pyridine rings is 1. The summed E-state index contributed by atoms with van der Waals surface area (Å²) < 4.78 is 5.10. The smallest absolute Gasteiger partial charge is 0.411 e. The second-order valence-electron chi connectivity index (χ2n) is 4.35. The average molecular weight is 325 g/mol. The van der Waals surface area contributed by atoms with E-state index in [2.05, 4.69) is 10.3 Å². The summed E-state index contributed by atoms with van der Waals surface area (Å²) in [6.07, 6.45) is 4.56. The zero-order valence-electron chi connectivity index (χ0n) is 11.2. The highest BCUT2D eigenvalue weighted by atomic mass is 35.5. The van der Waals surface area contributed by atoms with E-state index in [1.165, 1.54) is 5.56 Å². The van der Waals surface area contributed by atoms with Crippen LogP contribution in [0, 0.1) is 0 Å². The molecule has 1 aromatic heterocycles. The summed E-state index contributed by atoms with van der Waals surface area (Å²) in [5, 5.41) is 3.41. The first-order valence-electron chi connectivity index (χ1n) is 6.43. The van der Waals surface area contributed by atoms with E-state index in [9.17, 15) is 4.79 Å². The summed E-state index contributed by atoms with van der Waals surface area (Å²) in [6.45, 7) is 0.343. The van der Waals surface area contributed by atoms with Crippen molar-refractivity contribution in [2.75, 3.05) is 11.9 Å². The predicted octanol–water partition coefficient (Wildman–Crippen LogP) is 4.57. The van der Waals surface area contributed by atoms with Gasteiger partial charge in [0.25, 0.3) is 0 Å². The van der Waals surface area contributed by atoms with Gasteiger partial charge in [0.1, 0.15) is 0 Å². The van der Waals surface area contributed by atoms with Gasteiger partial charge in [0.05, 0.1) is 16.7 Å². The molecule has 0 spiro atoms.